The quantitative estimate of drug-likeness (QED) is 0.786. The molecule has 0 amide bonds. The molecule has 0 aromatic heterocycles. The van der Waals surface area contributed by atoms with Crippen molar-refractivity contribution in [2.45, 2.75) is 37.6 Å². The number of carbonyl (C=O) groups is 1. The Labute approximate surface area is 124 Å². The van der Waals surface area contributed by atoms with Crippen LogP contribution in [0.1, 0.15) is 24.8 Å². The van der Waals surface area contributed by atoms with E-state index in [9.17, 15) is 15.0 Å². The van der Waals surface area contributed by atoms with Crippen molar-refractivity contribution in [1.29, 1.82) is 0 Å². The first-order valence-corrected chi connectivity index (χ1v) is 7.10. The smallest absolute Gasteiger partial charge is 0.330 e. The predicted molar refractivity (Wildman–Crippen MR) is 80.4 cm³/mol. The number of hydrogen-bond acceptors (Lipinski definition) is 4. The number of aliphatic hydroxyl groups is 2. The summed E-state index contributed by atoms with van der Waals surface area (Å²) in [6.07, 6.45) is 6.05. The van der Waals surface area contributed by atoms with E-state index in [0.717, 1.165) is 5.56 Å². The van der Waals surface area contributed by atoms with E-state index >= 15 is 0 Å². The van der Waals surface area contributed by atoms with Gasteiger partial charge in [0, 0.05) is 25.3 Å². The molecule has 0 saturated heterocycles. The molecule has 4 nitrogen and oxygen atoms in total. The van der Waals surface area contributed by atoms with Gasteiger partial charge >= 0.3 is 5.97 Å². The van der Waals surface area contributed by atoms with Crippen molar-refractivity contribution in [2.75, 3.05) is 0 Å². The van der Waals surface area contributed by atoms with Crippen LogP contribution < -0.4 is 0 Å². The molecular formula is C17H20O4. The number of hydrogen-bond donors (Lipinski definition) is 2. The van der Waals surface area contributed by atoms with E-state index in [1.165, 1.54) is 6.08 Å². The van der Waals surface area contributed by atoms with Crippen molar-refractivity contribution < 1.29 is 19.7 Å². The zero-order valence-corrected chi connectivity index (χ0v) is 11.8. The molecule has 3 atom stereocenters. The molecule has 0 fully saturated rings. The molecule has 0 bridgehead atoms. The van der Waals surface area contributed by atoms with Crippen LogP contribution in [-0.2, 0) is 9.53 Å². The lowest BCUT2D eigenvalue weighted by Gasteiger charge is -2.22. The van der Waals surface area contributed by atoms with Crippen LogP contribution in [-0.4, -0.2) is 34.5 Å². The van der Waals surface area contributed by atoms with Gasteiger partial charge in [-0.05, 0) is 5.56 Å². The topological polar surface area (TPSA) is 66.8 Å². The van der Waals surface area contributed by atoms with E-state index in [1.54, 1.807) is 12.2 Å². The highest BCUT2D eigenvalue weighted by Crippen LogP contribution is 2.16. The van der Waals surface area contributed by atoms with Gasteiger partial charge in [0.05, 0.1) is 12.2 Å². The van der Waals surface area contributed by atoms with Crippen LogP contribution in [0.15, 0.2) is 48.6 Å². The lowest BCUT2D eigenvalue weighted by atomic mass is 10.0. The number of rotatable bonds is 6. The third kappa shape index (κ3) is 5.53. The van der Waals surface area contributed by atoms with Gasteiger partial charge in [0.1, 0.15) is 6.10 Å². The number of aliphatic hydroxyl groups excluding tert-OH is 2. The molecular weight excluding hydrogens is 268 g/mol. The average molecular weight is 288 g/mol. The maximum Gasteiger partial charge on any atom is 0.330 e. The molecule has 0 spiro atoms. The van der Waals surface area contributed by atoms with Crippen molar-refractivity contribution in [2.24, 2.45) is 0 Å². The first-order valence-electron chi connectivity index (χ1n) is 7.10. The molecule has 0 radical (unpaired) electrons. The molecule has 1 aromatic carbocycles. The maximum absolute atomic E-state index is 11.1. The molecule has 4 heteroatoms. The second-order valence-corrected chi connectivity index (χ2v) is 5.16. The fourth-order valence-electron chi connectivity index (χ4n) is 2.26. The standard InChI is InChI=1S/C17H20O4/c18-14(10-9-13-5-2-1-3-6-13)11-15(19)12-16-7-4-8-17(20)21-16/h1-6,8-10,14-16,18-19H,7,11-12H2. The molecule has 0 saturated carbocycles. The Kier molecular flexibility index (Phi) is 5.72. The molecule has 1 heterocycles. The summed E-state index contributed by atoms with van der Waals surface area (Å²) >= 11 is 0. The summed E-state index contributed by atoms with van der Waals surface area (Å²) < 4.78 is 5.08. The Bertz CT molecular complexity index is 507. The Morgan fingerprint density at radius 2 is 2.05 bits per heavy atom. The van der Waals surface area contributed by atoms with Gasteiger partial charge in [-0.1, -0.05) is 48.6 Å². The Balaban J connectivity index is 1.77. The Hall–Kier alpha value is -1.91. The molecule has 1 aromatic rings. The zero-order valence-electron chi connectivity index (χ0n) is 11.8. The Morgan fingerprint density at radius 1 is 1.29 bits per heavy atom. The van der Waals surface area contributed by atoms with Gasteiger partial charge in [-0.3, -0.25) is 0 Å². The van der Waals surface area contributed by atoms with Gasteiger partial charge in [-0.15, -0.1) is 0 Å². The van der Waals surface area contributed by atoms with Crippen molar-refractivity contribution in [3.63, 3.8) is 0 Å². The fourth-order valence-corrected chi connectivity index (χ4v) is 2.26. The maximum atomic E-state index is 11.1. The third-order valence-electron chi connectivity index (χ3n) is 3.29. The van der Waals surface area contributed by atoms with Crippen molar-refractivity contribution >= 4 is 12.0 Å². The molecule has 3 unspecified atom stereocenters. The number of benzene rings is 1. The minimum Gasteiger partial charge on any atom is -0.459 e. The highest BCUT2D eigenvalue weighted by Gasteiger charge is 2.20. The van der Waals surface area contributed by atoms with Crippen molar-refractivity contribution in [3.8, 4) is 0 Å². The molecule has 2 N–H and O–H groups in total. The van der Waals surface area contributed by atoms with Gasteiger partial charge in [0.25, 0.3) is 0 Å². The first-order chi connectivity index (χ1) is 10.1. The molecule has 21 heavy (non-hydrogen) atoms. The van der Waals surface area contributed by atoms with Crippen LogP contribution in [0.5, 0.6) is 0 Å². The first kappa shape index (κ1) is 15.5. The van der Waals surface area contributed by atoms with Crippen LogP contribution in [0.2, 0.25) is 0 Å². The van der Waals surface area contributed by atoms with Crippen molar-refractivity contribution in [1.82, 2.24) is 0 Å². The summed E-state index contributed by atoms with van der Waals surface area (Å²) in [5.41, 5.74) is 0.998. The van der Waals surface area contributed by atoms with Crippen molar-refractivity contribution in [3.05, 3.63) is 54.1 Å². The largest absolute Gasteiger partial charge is 0.459 e. The Morgan fingerprint density at radius 3 is 2.76 bits per heavy atom. The number of ether oxygens (including phenoxy) is 1. The summed E-state index contributed by atoms with van der Waals surface area (Å²) in [4.78, 5) is 11.1. The summed E-state index contributed by atoms with van der Waals surface area (Å²) in [5.74, 6) is -0.372. The second kappa shape index (κ2) is 7.76. The minimum atomic E-state index is -0.727. The lowest BCUT2D eigenvalue weighted by Crippen LogP contribution is -2.27. The number of carbonyl (C=O) groups excluding carboxylic acids is 1. The SMILES string of the molecule is O=C1C=CCC(CC(O)CC(O)C=Cc2ccccc2)O1. The summed E-state index contributed by atoms with van der Waals surface area (Å²) in [6, 6.07) is 9.65. The predicted octanol–water partition coefficient (Wildman–Crippen LogP) is 2.07. The second-order valence-electron chi connectivity index (χ2n) is 5.16. The summed E-state index contributed by atoms with van der Waals surface area (Å²) in [6.45, 7) is 0. The van der Waals surface area contributed by atoms with Crippen LogP contribution >= 0.6 is 0 Å². The summed E-state index contributed by atoms with van der Waals surface area (Å²) in [5, 5.41) is 19.8. The van der Waals surface area contributed by atoms with Gasteiger partial charge < -0.3 is 14.9 Å². The third-order valence-corrected chi connectivity index (χ3v) is 3.29. The van der Waals surface area contributed by atoms with E-state index in [-0.39, 0.29) is 18.5 Å². The van der Waals surface area contributed by atoms with E-state index in [4.69, 9.17) is 4.74 Å². The zero-order chi connectivity index (χ0) is 15.1. The van der Waals surface area contributed by atoms with Gasteiger partial charge in [-0.2, -0.15) is 0 Å². The van der Waals surface area contributed by atoms with Crippen LogP contribution in [0, 0.1) is 0 Å². The average Bonchev–Trinajstić information content (AvgIpc) is 2.46. The lowest BCUT2D eigenvalue weighted by molar-refractivity contribution is -0.145. The van der Waals surface area contributed by atoms with E-state index in [0.29, 0.717) is 12.8 Å². The number of esters is 1. The van der Waals surface area contributed by atoms with Gasteiger partial charge in [0.2, 0.25) is 0 Å². The van der Waals surface area contributed by atoms with Crippen LogP contribution in [0.4, 0.5) is 0 Å². The van der Waals surface area contributed by atoms with Gasteiger partial charge in [-0.25, -0.2) is 4.79 Å². The minimum absolute atomic E-state index is 0.223. The molecule has 0 aliphatic carbocycles. The molecule has 112 valence electrons. The normalized spacial score (nSPS) is 21.2. The molecule has 1 aliphatic rings. The van der Waals surface area contributed by atoms with E-state index in [1.807, 2.05) is 36.4 Å². The van der Waals surface area contributed by atoms with Crippen LogP contribution in [0.25, 0.3) is 6.08 Å². The fraction of sp³-hybridized carbons (Fsp3) is 0.353. The van der Waals surface area contributed by atoms with Gasteiger partial charge in [0.15, 0.2) is 0 Å². The monoisotopic (exact) mass is 288 g/mol. The van der Waals surface area contributed by atoms with E-state index < -0.39 is 12.2 Å². The van der Waals surface area contributed by atoms with Crippen LogP contribution in [0.3, 0.4) is 0 Å². The van der Waals surface area contributed by atoms with E-state index in [2.05, 4.69) is 0 Å². The number of cyclic esters (lactones) is 1. The highest BCUT2D eigenvalue weighted by molar-refractivity contribution is 5.82. The molecule has 1 aliphatic heterocycles. The molecule has 2 rings (SSSR count). The summed E-state index contributed by atoms with van der Waals surface area (Å²) in [7, 11) is 0. The highest BCUT2D eigenvalue weighted by atomic mass is 16.5.